The van der Waals surface area contributed by atoms with Gasteiger partial charge in [0.05, 0.1) is 5.97 Å². The molecule has 1 aromatic carbocycles. The van der Waals surface area contributed by atoms with E-state index >= 15 is 0 Å². The van der Waals surface area contributed by atoms with Crippen LogP contribution in [0.3, 0.4) is 0 Å². The van der Waals surface area contributed by atoms with Crippen LogP contribution in [-0.4, -0.2) is 5.97 Å². The molecule has 14 heavy (non-hydrogen) atoms. The first-order chi connectivity index (χ1) is 6.56. The minimum absolute atomic E-state index is 0.237. The van der Waals surface area contributed by atoms with Crippen molar-refractivity contribution < 1.29 is 14.3 Å². The first kappa shape index (κ1) is 9.65. The van der Waals surface area contributed by atoms with Gasteiger partial charge in [0.25, 0.3) is 0 Å². The first-order valence-electron chi connectivity index (χ1n) is 4.23. The zero-order chi connectivity index (χ0) is 10.3. The molecule has 1 saturated carbocycles. The molecule has 0 radical (unpaired) electrons. The lowest BCUT2D eigenvalue weighted by molar-refractivity contribution is -0.309. The molecule has 0 aromatic heterocycles. The van der Waals surface area contributed by atoms with Crippen molar-refractivity contribution in [2.45, 2.75) is 18.3 Å². The number of halogens is 2. The predicted molar refractivity (Wildman–Crippen MR) is 50.0 cm³/mol. The highest BCUT2D eigenvalue weighted by molar-refractivity contribution is 9.10. The van der Waals surface area contributed by atoms with Crippen LogP contribution < -0.4 is 5.11 Å². The Balaban J connectivity index is 2.47. The van der Waals surface area contributed by atoms with Crippen molar-refractivity contribution in [2.24, 2.45) is 0 Å². The van der Waals surface area contributed by atoms with Crippen LogP contribution in [0.2, 0.25) is 0 Å². The molecule has 2 rings (SSSR count). The second kappa shape index (κ2) is 3.05. The minimum atomic E-state index is -1.18. The number of hydrogen-bond donors (Lipinski definition) is 0. The Bertz CT molecular complexity index is 399. The zero-order valence-corrected chi connectivity index (χ0v) is 8.80. The zero-order valence-electron chi connectivity index (χ0n) is 7.22. The molecule has 0 amide bonds. The standard InChI is InChI=1S/C10H8BrFO2/c11-6-1-2-7(8(12)5-6)10(3-4-10)9(13)14/h1-2,5H,3-4H2,(H,13,14)/p-1. The molecule has 0 bridgehead atoms. The fraction of sp³-hybridized carbons (Fsp3) is 0.300. The molecule has 0 atom stereocenters. The topological polar surface area (TPSA) is 40.1 Å². The third kappa shape index (κ3) is 1.34. The summed E-state index contributed by atoms with van der Waals surface area (Å²) in [5, 5.41) is 10.8. The van der Waals surface area contributed by atoms with E-state index in [4.69, 9.17) is 0 Å². The molecular weight excluding hydrogens is 251 g/mol. The maximum Gasteiger partial charge on any atom is 0.128 e. The molecule has 1 aromatic rings. The van der Waals surface area contributed by atoms with E-state index in [0.717, 1.165) is 0 Å². The van der Waals surface area contributed by atoms with Crippen LogP contribution in [0.4, 0.5) is 4.39 Å². The van der Waals surface area contributed by atoms with E-state index in [2.05, 4.69) is 15.9 Å². The van der Waals surface area contributed by atoms with Gasteiger partial charge < -0.3 is 9.90 Å². The van der Waals surface area contributed by atoms with Gasteiger partial charge in [-0.15, -0.1) is 0 Å². The largest absolute Gasteiger partial charge is 0.549 e. The Morgan fingerprint density at radius 1 is 1.50 bits per heavy atom. The van der Waals surface area contributed by atoms with Crippen LogP contribution >= 0.6 is 15.9 Å². The molecule has 1 aliphatic carbocycles. The Labute approximate surface area is 88.9 Å². The van der Waals surface area contributed by atoms with E-state index in [1.54, 1.807) is 6.07 Å². The smallest absolute Gasteiger partial charge is 0.128 e. The van der Waals surface area contributed by atoms with E-state index < -0.39 is 17.2 Å². The average molecular weight is 258 g/mol. The van der Waals surface area contributed by atoms with Crippen molar-refractivity contribution in [3.63, 3.8) is 0 Å². The van der Waals surface area contributed by atoms with Crippen molar-refractivity contribution in [1.29, 1.82) is 0 Å². The summed E-state index contributed by atoms with van der Waals surface area (Å²) in [6.07, 6.45) is 0.932. The van der Waals surface area contributed by atoms with Gasteiger partial charge in [0.1, 0.15) is 5.82 Å². The van der Waals surface area contributed by atoms with E-state index in [-0.39, 0.29) is 5.56 Å². The summed E-state index contributed by atoms with van der Waals surface area (Å²) in [4.78, 5) is 10.8. The summed E-state index contributed by atoms with van der Waals surface area (Å²) in [6.45, 7) is 0. The van der Waals surface area contributed by atoms with Crippen molar-refractivity contribution >= 4 is 21.9 Å². The fourth-order valence-electron chi connectivity index (χ4n) is 1.59. The quantitative estimate of drug-likeness (QED) is 0.803. The highest BCUT2D eigenvalue weighted by atomic mass is 79.9. The lowest BCUT2D eigenvalue weighted by Crippen LogP contribution is -2.36. The van der Waals surface area contributed by atoms with Gasteiger partial charge in [-0.25, -0.2) is 4.39 Å². The number of carboxylic acids is 1. The van der Waals surface area contributed by atoms with Gasteiger partial charge in [-0.3, -0.25) is 0 Å². The number of hydrogen-bond acceptors (Lipinski definition) is 2. The third-order valence-electron chi connectivity index (χ3n) is 2.59. The molecule has 0 spiro atoms. The first-order valence-corrected chi connectivity index (χ1v) is 5.02. The summed E-state index contributed by atoms with van der Waals surface area (Å²) >= 11 is 3.12. The average Bonchev–Trinajstić information content (AvgIpc) is 2.84. The number of benzene rings is 1. The number of carboxylic acid groups (broad SMARTS) is 1. The maximum absolute atomic E-state index is 13.4. The number of carbonyl (C=O) groups excluding carboxylic acids is 1. The number of rotatable bonds is 2. The molecule has 0 heterocycles. The van der Waals surface area contributed by atoms with Crippen LogP contribution in [-0.2, 0) is 10.2 Å². The molecular formula is C10H7BrFO2-. The molecule has 1 aliphatic rings. The van der Waals surface area contributed by atoms with Gasteiger partial charge >= 0.3 is 0 Å². The van der Waals surface area contributed by atoms with Gasteiger partial charge in [0, 0.05) is 9.89 Å². The molecule has 2 nitrogen and oxygen atoms in total. The van der Waals surface area contributed by atoms with Crippen molar-refractivity contribution in [3.05, 3.63) is 34.1 Å². The lowest BCUT2D eigenvalue weighted by Gasteiger charge is -2.17. The molecule has 0 aliphatic heterocycles. The van der Waals surface area contributed by atoms with Crippen LogP contribution in [0.5, 0.6) is 0 Å². The van der Waals surface area contributed by atoms with Gasteiger partial charge in [0.15, 0.2) is 0 Å². The van der Waals surface area contributed by atoms with Gasteiger partial charge in [-0.05, 0) is 30.5 Å². The maximum atomic E-state index is 13.4. The second-order valence-corrected chi connectivity index (χ2v) is 4.41. The molecule has 4 heteroatoms. The molecule has 0 N–H and O–H groups in total. The lowest BCUT2D eigenvalue weighted by atomic mass is 9.96. The molecule has 74 valence electrons. The van der Waals surface area contributed by atoms with Crippen molar-refractivity contribution in [3.8, 4) is 0 Å². The highest BCUT2D eigenvalue weighted by Crippen LogP contribution is 2.48. The Morgan fingerprint density at radius 2 is 2.14 bits per heavy atom. The van der Waals surface area contributed by atoms with Crippen LogP contribution in [0.15, 0.2) is 22.7 Å². The van der Waals surface area contributed by atoms with Gasteiger partial charge in [0.2, 0.25) is 0 Å². The Kier molecular flexibility index (Phi) is 2.10. The van der Waals surface area contributed by atoms with Crippen LogP contribution in [0, 0.1) is 5.82 Å². The molecule has 0 saturated heterocycles. The van der Waals surface area contributed by atoms with Crippen LogP contribution in [0.25, 0.3) is 0 Å². The summed E-state index contributed by atoms with van der Waals surface area (Å²) < 4.78 is 14.0. The van der Waals surface area contributed by atoms with Crippen LogP contribution in [0.1, 0.15) is 18.4 Å². The summed E-state index contributed by atoms with van der Waals surface area (Å²) in [5.74, 6) is -1.67. The molecule has 0 unspecified atom stereocenters. The summed E-state index contributed by atoms with van der Waals surface area (Å²) in [6, 6.07) is 4.42. The van der Waals surface area contributed by atoms with Crippen molar-refractivity contribution in [1.82, 2.24) is 0 Å². The SMILES string of the molecule is O=C([O-])C1(c2ccc(Br)cc2F)CC1. The van der Waals surface area contributed by atoms with Gasteiger partial charge in [-0.1, -0.05) is 22.0 Å². The Morgan fingerprint density at radius 3 is 2.57 bits per heavy atom. The summed E-state index contributed by atoms with van der Waals surface area (Å²) in [5.41, 5.74) is -0.828. The second-order valence-electron chi connectivity index (χ2n) is 3.49. The van der Waals surface area contributed by atoms with Crippen molar-refractivity contribution in [2.75, 3.05) is 0 Å². The predicted octanol–water partition coefficient (Wildman–Crippen LogP) is 1.37. The number of carbonyl (C=O) groups is 1. The fourth-order valence-corrected chi connectivity index (χ4v) is 1.92. The van der Waals surface area contributed by atoms with Gasteiger partial charge in [-0.2, -0.15) is 0 Å². The third-order valence-corrected chi connectivity index (χ3v) is 3.08. The minimum Gasteiger partial charge on any atom is -0.549 e. The normalized spacial score (nSPS) is 17.9. The molecule has 1 fully saturated rings. The van der Waals surface area contributed by atoms with E-state index in [1.165, 1.54) is 12.1 Å². The highest BCUT2D eigenvalue weighted by Gasteiger charge is 2.47. The van der Waals surface area contributed by atoms with E-state index in [1.807, 2.05) is 0 Å². The van der Waals surface area contributed by atoms with E-state index in [9.17, 15) is 14.3 Å². The Hall–Kier alpha value is -0.900. The monoisotopic (exact) mass is 257 g/mol. The van der Waals surface area contributed by atoms with E-state index in [0.29, 0.717) is 17.3 Å². The number of aliphatic carboxylic acids is 1. The summed E-state index contributed by atoms with van der Waals surface area (Å²) in [7, 11) is 0.